The van der Waals surface area contributed by atoms with Crippen molar-refractivity contribution in [1.29, 1.82) is 0 Å². The Balaban J connectivity index is 1.86. The second-order valence-corrected chi connectivity index (χ2v) is 4.62. The lowest BCUT2D eigenvalue weighted by molar-refractivity contribution is 0.148. The molecule has 0 radical (unpaired) electrons. The monoisotopic (exact) mass is 258 g/mol. The number of nitrogens with zero attached hydrogens (tertiary/aromatic N) is 2. The molecule has 1 aliphatic rings. The van der Waals surface area contributed by atoms with Gasteiger partial charge in [-0.05, 0) is 29.0 Å². The predicted molar refractivity (Wildman–Crippen MR) is 59.2 cm³/mol. The van der Waals surface area contributed by atoms with Crippen molar-refractivity contribution in [3.8, 4) is 0 Å². The van der Waals surface area contributed by atoms with Crippen LogP contribution in [0.2, 0.25) is 0 Å². The molecule has 1 aromatic rings. The van der Waals surface area contributed by atoms with E-state index in [1.807, 2.05) is 12.3 Å². The van der Waals surface area contributed by atoms with Crippen molar-refractivity contribution in [1.82, 2.24) is 9.80 Å². The van der Waals surface area contributed by atoms with Crippen LogP contribution >= 0.6 is 15.9 Å². The minimum absolute atomic E-state index is 0.821. The lowest BCUT2D eigenvalue weighted by Gasteiger charge is -2.31. The highest BCUT2D eigenvalue weighted by Gasteiger charge is 2.14. The number of likely N-dealkylation sites (N-methyl/N-ethyl adjacent to an activating group) is 1. The molecule has 14 heavy (non-hydrogen) atoms. The molecule has 0 bridgehead atoms. The van der Waals surface area contributed by atoms with Crippen molar-refractivity contribution < 1.29 is 4.42 Å². The first-order chi connectivity index (χ1) is 6.74. The maximum atomic E-state index is 5.21. The van der Waals surface area contributed by atoms with Gasteiger partial charge in [0.2, 0.25) is 0 Å². The highest BCUT2D eigenvalue weighted by molar-refractivity contribution is 9.10. The lowest BCUT2D eigenvalue weighted by atomic mass is 10.2. The quantitative estimate of drug-likeness (QED) is 0.807. The molecular formula is C10H15BrN2O. The molecular weight excluding hydrogens is 244 g/mol. The molecule has 1 aliphatic heterocycles. The highest BCUT2D eigenvalue weighted by Crippen LogP contribution is 2.16. The standard InChI is InChI=1S/C10H15BrN2O/c1-12-2-4-13(5-3-12)7-9-6-10(11)14-8-9/h6,8H,2-5,7H2,1H3. The van der Waals surface area contributed by atoms with Crippen LogP contribution in [0.15, 0.2) is 21.4 Å². The van der Waals surface area contributed by atoms with Gasteiger partial charge in [0.05, 0.1) is 6.26 Å². The van der Waals surface area contributed by atoms with E-state index in [0.29, 0.717) is 0 Å². The van der Waals surface area contributed by atoms with Crippen LogP contribution in [0.1, 0.15) is 5.56 Å². The van der Waals surface area contributed by atoms with Crippen LogP contribution in [-0.2, 0) is 6.54 Å². The van der Waals surface area contributed by atoms with Crippen molar-refractivity contribution in [3.05, 3.63) is 22.6 Å². The Morgan fingerprint density at radius 2 is 2.07 bits per heavy atom. The average Bonchev–Trinajstić information content (AvgIpc) is 2.56. The van der Waals surface area contributed by atoms with Gasteiger partial charge in [-0.15, -0.1) is 0 Å². The molecule has 0 atom stereocenters. The van der Waals surface area contributed by atoms with Crippen molar-refractivity contribution >= 4 is 15.9 Å². The maximum absolute atomic E-state index is 5.21. The predicted octanol–water partition coefficient (Wildman–Crippen LogP) is 1.79. The Hall–Kier alpha value is -0.320. The van der Waals surface area contributed by atoms with Gasteiger partial charge in [0, 0.05) is 38.3 Å². The summed E-state index contributed by atoms with van der Waals surface area (Å²) in [5, 5.41) is 0. The van der Waals surface area contributed by atoms with Crippen LogP contribution in [0, 0.1) is 0 Å². The van der Waals surface area contributed by atoms with Crippen LogP contribution in [0.4, 0.5) is 0 Å². The summed E-state index contributed by atoms with van der Waals surface area (Å²) in [7, 11) is 2.17. The number of halogens is 1. The fourth-order valence-corrected chi connectivity index (χ4v) is 2.08. The van der Waals surface area contributed by atoms with E-state index in [1.54, 1.807) is 0 Å². The average molecular weight is 259 g/mol. The molecule has 0 aliphatic carbocycles. The van der Waals surface area contributed by atoms with Gasteiger partial charge in [-0.3, -0.25) is 4.90 Å². The third-order valence-electron chi connectivity index (χ3n) is 2.62. The summed E-state index contributed by atoms with van der Waals surface area (Å²) in [6.45, 7) is 5.64. The summed E-state index contributed by atoms with van der Waals surface area (Å²) in [5.41, 5.74) is 1.25. The summed E-state index contributed by atoms with van der Waals surface area (Å²) in [4.78, 5) is 4.82. The van der Waals surface area contributed by atoms with E-state index in [2.05, 4.69) is 32.8 Å². The molecule has 2 rings (SSSR count). The first-order valence-corrected chi connectivity index (χ1v) is 5.67. The summed E-state index contributed by atoms with van der Waals surface area (Å²) in [6, 6.07) is 2.04. The molecule has 1 aromatic heterocycles. The van der Waals surface area contributed by atoms with Crippen molar-refractivity contribution in [2.24, 2.45) is 0 Å². The Labute approximate surface area is 92.8 Å². The van der Waals surface area contributed by atoms with Gasteiger partial charge < -0.3 is 9.32 Å². The van der Waals surface area contributed by atoms with Crippen LogP contribution in [0.5, 0.6) is 0 Å². The van der Waals surface area contributed by atoms with Crippen LogP contribution in [-0.4, -0.2) is 43.0 Å². The number of piperazine rings is 1. The van der Waals surface area contributed by atoms with Crippen LogP contribution in [0.25, 0.3) is 0 Å². The van der Waals surface area contributed by atoms with Gasteiger partial charge in [0.25, 0.3) is 0 Å². The van der Waals surface area contributed by atoms with Crippen LogP contribution < -0.4 is 0 Å². The van der Waals surface area contributed by atoms with E-state index >= 15 is 0 Å². The molecule has 4 heteroatoms. The number of hydrogen-bond acceptors (Lipinski definition) is 3. The fraction of sp³-hybridized carbons (Fsp3) is 0.600. The third kappa shape index (κ3) is 2.59. The van der Waals surface area contributed by atoms with Gasteiger partial charge in [0.1, 0.15) is 0 Å². The van der Waals surface area contributed by atoms with Crippen molar-refractivity contribution in [2.75, 3.05) is 33.2 Å². The Bertz CT molecular complexity index is 292. The van der Waals surface area contributed by atoms with Gasteiger partial charge in [-0.25, -0.2) is 0 Å². The molecule has 0 aromatic carbocycles. The van der Waals surface area contributed by atoms with E-state index in [4.69, 9.17) is 4.42 Å². The van der Waals surface area contributed by atoms with Gasteiger partial charge in [0.15, 0.2) is 4.67 Å². The minimum Gasteiger partial charge on any atom is -0.457 e. The molecule has 0 amide bonds. The van der Waals surface area contributed by atoms with Gasteiger partial charge >= 0.3 is 0 Å². The molecule has 1 fully saturated rings. The van der Waals surface area contributed by atoms with E-state index in [1.165, 1.54) is 18.7 Å². The topological polar surface area (TPSA) is 19.6 Å². The first-order valence-electron chi connectivity index (χ1n) is 4.88. The fourth-order valence-electron chi connectivity index (χ4n) is 1.69. The van der Waals surface area contributed by atoms with Crippen LogP contribution in [0.3, 0.4) is 0 Å². The number of hydrogen-bond donors (Lipinski definition) is 0. The zero-order valence-electron chi connectivity index (χ0n) is 8.37. The summed E-state index contributed by atoms with van der Waals surface area (Å²) in [5.74, 6) is 0. The minimum atomic E-state index is 0.821. The molecule has 3 nitrogen and oxygen atoms in total. The maximum Gasteiger partial charge on any atom is 0.169 e. The second kappa shape index (κ2) is 4.47. The number of rotatable bonds is 2. The lowest BCUT2D eigenvalue weighted by Crippen LogP contribution is -2.43. The summed E-state index contributed by atoms with van der Waals surface area (Å²) in [6.07, 6.45) is 1.82. The summed E-state index contributed by atoms with van der Waals surface area (Å²) < 4.78 is 6.03. The normalized spacial score (nSPS) is 20.1. The Morgan fingerprint density at radius 3 is 2.64 bits per heavy atom. The molecule has 0 unspecified atom stereocenters. The zero-order chi connectivity index (χ0) is 9.97. The Morgan fingerprint density at radius 1 is 1.36 bits per heavy atom. The molecule has 0 spiro atoms. The first kappa shape index (κ1) is 10.2. The van der Waals surface area contributed by atoms with Gasteiger partial charge in [-0.2, -0.15) is 0 Å². The van der Waals surface area contributed by atoms with E-state index in [-0.39, 0.29) is 0 Å². The van der Waals surface area contributed by atoms with Crippen molar-refractivity contribution in [2.45, 2.75) is 6.54 Å². The largest absolute Gasteiger partial charge is 0.457 e. The van der Waals surface area contributed by atoms with E-state index < -0.39 is 0 Å². The van der Waals surface area contributed by atoms with Crippen molar-refractivity contribution in [3.63, 3.8) is 0 Å². The third-order valence-corrected chi connectivity index (χ3v) is 3.04. The molecule has 0 N–H and O–H groups in total. The number of furan rings is 1. The SMILES string of the molecule is CN1CCN(Cc2coc(Br)c2)CC1. The Kier molecular flexibility index (Phi) is 3.26. The smallest absolute Gasteiger partial charge is 0.169 e. The molecule has 0 saturated carbocycles. The van der Waals surface area contributed by atoms with E-state index in [0.717, 1.165) is 24.3 Å². The van der Waals surface area contributed by atoms with E-state index in [9.17, 15) is 0 Å². The molecule has 1 saturated heterocycles. The zero-order valence-corrected chi connectivity index (χ0v) is 9.96. The summed E-state index contributed by atoms with van der Waals surface area (Å²) >= 11 is 3.31. The highest BCUT2D eigenvalue weighted by atomic mass is 79.9. The second-order valence-electron chi connectivity index (χ2n) is 3.84. The molecule has 2 heterocycles. The van der Waals surface area contributed by atoms with Gasteiger partial charge in [-0.1, -0.05) is 0 Å². The molecule has 78 valence electrons.